The fourth-order valence-corrected chi connectivity index (χ4v) is 2.83. The molecule has 1 aliphatic rings. The Bertz CT molecular complexity index is 565. The van der Waals surface area contributed by atoms with E-state index in [2.05, 4.69) is 40.2 Å². The lowest BCUT2D eigenvalue weighted by Crippen LogP contribution is -2.24. The van der Waals surface area contributed by atoms with Gasteiger partial charge in [-0.15, -0.1) is 0 Å². The Hall–Kier alpha value is -2.03. The standard InChI is InChI=1S/C16H19N3/c1-12-9-10-14(17)16(18-12)19-11-5-8-15(19)13-6-3-2-4-7-13/h2-4,6-7,9-10,15H,5,8,11,17H2,1H3. The largest absolute Gasteiger partial charge is 0.396 e. The van der Waals surface area contributed by atoms with Crippen LogP contribution >= 0.6 is 0 Å². The molecule has 3 heteroatoms. The van der Waals surface area contributed by atoms with Crippen LogP contribution in [0.3, 0.4) is 0 Å². The lowest BCUT2D eigenvalue weighted by atomic mass is 10.0. The highest BCUT2D eigenvalue weighted by molar-refractivity contribution is 5.64. The summed E-state index contributed by atoms with van der Waals surface area (Å²) in [5.74, 6) is 0.936. The van der Waals surface area contributed by atoms with Crippen molar-refractivity contribution in [2.45, 2.75) is 25.8 Å². The molecule has 0 radical (unpaired) electrons. The molecule has 1 fully saturated rings. The molecule has 1 aromatic heterocycles. The van der Waals surface area contributed by atoms with Gasteiger partial charge in [-0.25, -0.2) is 4.98 Å². The van der Waals surface area contributed by atoms with Crippen molar-refractivity contribution in [1.29, 1.82) is 0 Å². The predicted octanol–water partition coefficient (Wildman–Crippen LogP) is 3.31. The molecule has 19 heavy (non-hydrogen) atoms. The summed E-state index contributed by atoms with van der Waals surface area (Å²) in [4.78, 5) is 6.98. The molecule has 3 rings (SSSR count). The van der Waals surface area contributed by atoms with E-state index in [0.29, 0.717) is 6.04 Å². The van der Waals surface area contributed by atoms with Gasteiger partial charge in [0.15, 0.2) is 5.82 Å². The van der Waals surface area contributed by atoms with E-state index in [9.17, 15) is 0 Å². The summed E-state index contributed by atoms with van der Waals surface area (Å²) in [5.41, 5.74) is 9.24. The van der Waals surface area contributed by atoms with Crippen molar-refractivity contribution in [1.82, 2.24) is 4.98 Å². The van der Waals surface area contributed by atoms with Gasteiger partial charge in [-0.2, -0.15) is 0 Å². The zero-order valence-electron chi connectivity index (χ0n) is 11.2. The number of benzene rings is 1. The number of aromatic nitrogens is 1. The molecule has 1 aliphatic heterocycles. The van der Waals surface area contributed by atoms with Gasteiger partial charge in [0, 0.05) is 12.2 Å². The Morgan fingerprint density at radius 1 is 1.16 bits per heavy atom. The molecule has 2 heterocycles. The maximum Gasteiger partial charge on any atom is 0.152 e. The number of nitrogens with zero attached hydrogens (tertiary/aromatic N) is 2. The first-order chi connectivity index (χ1) is 9.25. The van der Waals surface area contributed by atoms with Crippen LogP contribution in [0.25, 0.3) is 0 Å². The second-order valence-corrected chi connectivity index (χ2v) is 5.13. The van der Waals surface area contributed by atoms with Crippen LogP contribution in [0.15, 0.2) is 42.5 Å². The summed E-state index contributed by atoms with van der Waals surface area (Å²) in [6.45, 7) is 3.04. The van der Waals surface area contributed by atoms with Gasteiger partial charge in [0.1, 0.15) is 0 Å². The average Bonchev–Trinajstić information content (AvgIpc) is 2.91. The molecule has 98 valence electrons. The minimum Gasteiger partial charge on any atom is -0.396 e. The minimum atomic E-state index is 0.401. The maximum atomic E-state index is 6.11. The topological polar surface area (TPSA) is 42.1 Å². The van der Waals surface area contributed by atoms with Crippen LogP contribution in [0.5, 0.6) is 0 Å². The quantitative estimate of drug-likeness (QED) is 0.892. The molecule has 1 saturated heterocycles. The van der Waals surface area contributed by atoms with Crippen molar-refractivity contribution < 1.29 is 0 Å². The molecular weight excluding hydrogens is 234 g/mol. The van der Waals surface area contributed by atoms with Gasteiger partial charge in [0.05, 0.1) is 11.7 Å². The zero-order valence-corrected chi connectivity index (χ0v) is 11.2. The SMILES string of the molecule is Cc1ccc(N)c(N2CCCC2c2ccccc2)n1. The zero-order chi connectivity index (χ0) is 13.2. The van der Waals surface area contributed by atoms with Crippen molar-refractivity contribution in [3.8, 4) is 0 Å². The van der Waals surface area contributed by atoms with Crippen molar-refractivity contribution in [2.24, 2.45) is 0 Å². The van der Waals surface area contributed by atoms with Gasteiger partial charge < -0.3 is 10.6 Å². The van der Waals surface area contributed by atoms with Crippen LogP contribution in [-0.4, -0.2) is 11.5 Å². The van der Waals surface area contributed by atoms with Gasteiger partial charge in [0.2, 0.25) is 0 Å². The molecule has 0 aliphatic carbocycles. The number of nitrogen functional groups attached to an aromatic ring is 1. The van der Waals surface area contributed by atoms with E-state index in [1.165, 1.54) is 18.4 Å². The Morgan fingerprint density at radius 2 is 1.95 bits per heavy atom. The first kappa shape index (κ1) is 12.0. The summed E-state index contributed by atoms with van der Waals surface area (Å²) >= 11 is 0. The first-order valence-corrected chi connectivity index (χ1v) is 6.80. The van der Waals surface area contributed by atoms with Crippen molar-refractivity contribution in [2.75, 3.05) is 17.2 Å². The highest BCUT2D eigenvalue weighted by Crippen LogP contribution is 2.37. The number of pyridine rings is 1. The first-order valence-electron chi connectivity index (χ1n) is 6.80. The molecule has 1 aromatic carbocycles. The summed E-state index contributed by atoms with van der Waals surface area (Å²) in [6, 6.07) is 15.0. The second-order valence-electron chi connectivity index (χ2n) is 5.13. The number of hydrogen-bond donors (Lipinski definition) is 1. The Morgan fingerprint density at radius 3 is 2.74 bits per heavy atom. The third-order valence-electron chi connectivity index (χ3n) is 3.75. The predicted molar refractivity (Wildman–Crippen MR) is 79.1 cm³/mol. The van der Waals surface area contributed by atoms with Gasteiger partial charge >= 0.3 is 0 Å². The minimum absolute atomic E-state index is 0.401. The monoisotopic (exact) mass is 253 g/mol. The van der Waals surface area contributed by atoms with Crippen LogP contribution in [0.1, 0.15) is 30.1 Å². The third-order valence-corrected chi connectivity index (χ3v) is 3.75. The number of anilines is 2. The third kappa shape index (κ3) is 2.28. The van der Waals surface area contributed by atoms with Crippen LogP contribution in [0, 0.1) is 6.92 Å². The molecule has 0 bridgehead atoms. The number of aryl methyl sites for hydroxylation is 1. The highest BCUT2D eigenvalue weighted by atomic mass is 15.2. The van der Waals surface area contributed by atoms with E-state index in [1.54, 1.807) is 0 Å². The van der Waals surface area contributed by atoms with E-state index < -0.39 is 0 Å². The summed E-state index contributed by atoms with van der Waals surface area (Å²) < 4.78 is 0. The Balaban J connectivity index is 1.97. The van der Waals surface area contributed by atoms with Crippen LogP contribution in [-0.2, 0) is 0 Å². The van der Waals surface area contributed by atoms with Gasteiger partial charge in [-0.1, -0.05) is 30.3 Å². The van der Waals surface area contributed by atoms with Gasteiger partial charge in [0.25, 0.3) is 0 Å². The molecule has 3 nitrogen and oxygen atoms in total. The fourth-order valence-electron chi connectivity index (χ4n) is 2.83. The lowest BCUT2D eigenvalue weighted by Gasteiger charge is -2.27. The second kappa shape index (κ2) is 4.92. The van der Waals surface area contributed by atoms with Gasteiger partial charge in [-0.05, 0) is 37.5 Å². The lowest BCUT2D eigenvalue weighted by molar-refractivity contribution is 0.711. The smallest absolute Gasteiger partial charge is 0.152 e. The molecule has 2 aromatic rings. The Labute approximate surface area is 114 Å². The van der Waals surface area contributed by atoms with Crippen molar-refractivity contribution in [3.05, 3.63) is 53.7 Å². The normalized spacial score (nSPS) is 18.8. The molecule has 1 unspecified atom stereocenters. The summed E-state index contributed by atoms with van der Waals surface area (Å²) in [5, 5.41) is 0. The molecule has 2 N–H and O–H groups in total. The average molecular weight is 253 g/mol. The number of rotatable bonds is 2. The molecular formula is C16H19N3. The van der Waals surface area contributed by atoms with Crippen LogP contribution in [0.2, 0.25) is 0 Å². The van der Waals surface area contributed by atoms with Crippen molar-refractivity contribution in [3.63, 3.8) is 0 Å². The molecule has 0 amide bonds. The molecule has 0 spiro atoms. The van der Waals surface area contributed by atoms with E-state index in [1.807, 2.05) is 19.1 Å². The van der Waals surface area contributed by atoms with E-state index in [0.717, 1.165) is 23.7 Å². The summed E-state index contributed by atoms with van der Waals surface area (Å²) in [7, 11) is 0. The van der Waals surface area contributed by atoms with Crippen LogP contribution < -0.4 is 10.6 Å². The fraction of sp³-hybridized carbons (Fsp3) is 0.312. The van der Waals surface area contributed by atoms with Crippen molar-refractivity contribution >= 4 is 11.5 Å². The van der Waals surface area contributed by atoms with E-state index >= 15 is 0 Å². The maximum absolute atomic E-state index is 6.11. The van der Waals surface area contributed by atoms with Crippen LogP contribution in [0.4, 0.5) is 11.5 Å². The molecule has 1 atom stereocenters. The summed E-state index contributed by atoms with van der Waals surface area (Å²) in [6.07, 6.45) is 2.35. The Kier molecular flexibility index (Phi) is 3.11. The number of hydrogen-bond acceptors (Lipinski definition) is 3. The van der Waals surface area contributed by atoms with E-state index in [4.69, 9.17) is 5.73 Å². The number of nitrogens with two attached hydrogens (primary N) is 1. The van der Waals surface area contributed by atoms with E-state index in [-0.39, 0.29) is 0 Å². The highest BCUT2D eigenvalue weighted by Gasteiger charge is 2.28. The molecule has 0 saturated carbocycles. The van der Waals surface area contributed by atoms with Gasteiger partial charge in [-0.3, -0.25) is 0 Å².